The van der Waals surface area contributed by atoms with Gasteiger partial charge in [0.25, 0.3) is 0 Å². The van der Waals surface area contributed by atoms with Gasteiger partial charge in [0.2, 0.25) is 0 Å². The third kappa shape index (κ3) is 5.44. The number of carbonyl (C=O) groups excluding carboxylic acids is 1. The van der Waals surface area contributed by atoms with E-state index in [-0.39, 0.29) is 17.3 Å². The molecular formula is C22H29FN4O2. The molecule has 6 nitrogen and oxygen atoms in total. The number of pyridine rings is 1. The summed E-state index contributed by atoms with van der Waals surface area (Å²) >= 11 is 0. The lowest BCUT2D eigenvalue weighted by molar-refractivity contribution is 0.0226. The monoisotopic (exact) mass is 400 g/mol. The molecule has 1 aliphatic heterocycles. The summed E-state index contributed by atoms with van der Waals surface area (Å²) in [6.45, 7) is 8.36. The molecule has 3 N–H and O–H groups in total. The normalized spacial score (nSPS) is 15.6. The van der Waals surface area contributed by atoms with Gasteiger partial charge in [0.1, 0.15) is 5.82 Å². The molecule has 3 rings (SSSR count). The first kappa shape index (κ1) is 21.0. The third-order valence-corrected chi connectivity index (χ3v) is 5.56. The Morgan fingerprint density at radius 2 is 1.79 bits per heavy atom. The average Bonchev–Trinajstić information content (AvgIpc) is 2.70. The van der Waals surface area contributed by atoms with Crippen molar-refractivity contribution >= 4 is 17.4 Å². The summed E-state index contributed by atoms with van der Waals surface area (Å²) in [6.07, 6.45) is 5.42. The summed E-state index contributed by atoms with van der Waals surface area (Å²) in [4.78, 5) is 16.6. The zero-order valence-corrected chi connectivity index (χ0v) is 17.3. The van der Waals surface area contributed by atoms with Gasteiger partial charge in [-0.2, -0.15) is 0 Å². The minimum Gasteiger partial charge on any atom is -0.384 e. The Morgan fingerprint density at radius 3 is 2.45 bits per heavy atom. The zero-order chi connectivity index (χ0) is 20.9. The van der Waals surface area contributed by atoms with Gasteiger partial charge in [0, 0.05) is 55.5 Å². The number of benzene rings is 1. The van der Waals surface area contributed by atoms with E-state index in [1.54, 1.807) is 19.1 Å². The lowest BCUT2D eigenvalue weighted by Gasteiger charge is -2.38. The summed E-state index contributed by atoms with van der Waals surface area (Å²) in [7, 11) is 0. The highest BCUT2D eigenvalue weighted by Gasteiger charge is 2.33. The van der Waals surface area contributed by atoms with Crippen LogP contribution >= 0.6 is 0 Å². The topological polar surface area (TPSA) is 75.3 Å². The highest BCUT2D eigenvalue weighted by atomic mass is 19.1. The number of hydrogen-bond donors (Lipinski definition) is 3. The predicted molar refractivity (Wildman–Crippen MR) is 113 cm³/mol. The van der Waals surface area contributed by atoms with Gasteiger partial charge in [0.15, 0.2) is 0 Å². The molecule has 0 saturated carbocycles. The first-order valence-electron chi connectivity index (χ1n) is 9.92. The van der Waals surface area contributed by atoms with Gasteiger partial charge in [-0.15, -0.1) is 0 Å². The Morgan fingerprint density at radius 1 is 1.10 bits per heavy atom. The Bertz CT molecular complexity index is 846. The van der Waals surface area contributed by atoms with E-state index in [1.165, 1.54) is 6.07 Å². The van der Waals surface area contributed by atoms with Crippen molar-refractivity contribution in [2.24, 2.45) is 5.41 Å². The number of hydrogen-bond acceptors (Lipinski definition) is 4. The fourth-order valence-corrected chi connectivity index (χ4v) is 3.64. The maximum absolute atomic E-state index is 13.4. The second kappa shape index (κ2) is 9.22. The van der Waals surface area contributed by atoms with Crippen LogP contribution in [0.3, 0.4) is 0 Å². The van der Waals surface area contributed by atoms with Crippen molar-refractivity contribution in [2.45, 2.75) is 33.6 Å². The second-order valence-corrected chi connectivity index (χ2v) is 7.89. The molecule has 1 saturated heterocycles. The largest absolute Gasteiger partial charge is 0.384 e. The fraction of sp³-hybridized carbons (Fsp3) is 0.455. The number of urea groups is 1. The molecule has 29 heavy (non-hydrogen) atoms. The summed E-state index contributed by atoms with van der Waals surface area (Å²) in [5.41, 5.74) is 4.27. The zero-order valence-electron chi connectivity index (χ0n) is 17.3. The fourth-order valence-electron chi connectivity index (χ4n) is 3.64. The van der Waals surface area contributed by atoms with Crippen molar-refractivity contribution in [2.75, 3.05) is 36.9 Å². The van der Waals surface area contributed by atoms with Crippen LogP contribution in [0.4, 0.5) is 20.6 Å². The molecule has 0 aliphatic carbocycles. The van der Waals surface area contributed by atoms with E-state index in [0.29, 0.717) is 31.0 Å². The van der Waals surface area contributed by atoms with Gasteiger partial charge >= 0.3 is 6.03 Å². The first-order chi connectivity index (χ1) is 13.9. The summed E-state index contributed by atoms with van der Waals surface area (Å²) in [6, 6.07) is 4.24. The molecule has 1 aromatic heterocycles. The van der Waals surface area contributed by atoms with Crippen LogP contribution in [0.5, 0.6) is 0 Å². The Kier molecular flexibility index (Phi) is 6.69. The highest BCUT2D eigenvalue weighted by molar-refractivity contribution is 5.89. The van der Waals surface area contributed by atoms with Crippen LogP contribution in [-0.2, 0) is 4.74 Å². The number of ether oxygens (including phenoxy) is 1. The smallest absolute Gasteiger partial charge is 0.319 e. The molecule has 2 heterocycles. The number of nitrogens with zero attached hydrogens (tertiary/aromatic N) is 1. The highest BCUT2D eigenvalue weighted by Crippen LogP contribution is 2.31. The minimum absolute atomic E-state index is 0.101. The van der Waals surface area contributed by atoms with Gasteiger partial charge in [0.05, 0.1) is 0 Å². The van der Waals surface area contributed by atoms with Gasteiger partial charge in [-0.25, -0.2) is 9.18 Å². The van der Waals surface area contributed by atoms with Crippen LogP contribution in [0, 0.1) is 32.0 Å². The molecule has 1 aliphatic rings. The number of aryl methyl sites for hydroxylation is 3. The van der Waals surface area contributed by atoms with Gasteiger partial charge in [-0.3, -0.25) is 4.98 Å². The lowest BCUT2D eigenvalue weighted by Crippen LogP contribution is -2.46. The standard InChI is InChI=1S/C22H29FN4O2/c1-15-10-18(4-5-19(15)23)27-21(28)26-14-22(6-8-29-9-7-22)13-25-20-16(2)11-24-12-17(20)3/h4-5,10-12H,6-9,13-14H2,1-3H3,(H,24,25)(H2,26,27,28). The number of aromatic nitrogens is 1. The molecular weight excluding hydrogens is 371 g/mol. The maximum atomic E-state index is 13.4. The van der Waals surface area contributed by atoms with Crippen molar-refractivity contribution in [1.82, 2.24) is 10.3 Å². The van der Waals surface area contributed by atoms with Crippen LogP contribution in [0.2, 0.25) is 0 Å². The van der Waals surface area contributed by atoms with Crippen LogP contribution < -0.4 is 16.0 Å². The molecule has 0 unspecified atom stereocenters. The van der Waals surface area contributed by atoms with E-state index < -0.39 is 0 Å². The van der Waals surface area contributed by atoms with E-state index in [0.717, 1.165) is 36.2 Å². The van der Waals surface area contributed by atoms with Crippen molar-refractivity contribution in [1.29, 1.82) is 0 Å². The quantitative estimate of drug-likeness (QED) is 0.680. The third-order valence-electron chi connectivity index (χ3n) is 5.56. The number of amides is 2. The molecule has 1 aromatic carbocycles. The second-order valence-electron chi connectivity index (χ2n) is 7.89. The molecule has 0 radical (unpaired) electrons. The van der Waals surface area contributed by atoms with E-state index in [1.807, 2.05) is 26.2 Å². The Balaban J connectivity index is 1.62. The molecule has 7 heteroatoms. The van der Waals surface area contributed by atoms with Gasteiger partial charge < -0.3 is 20.7 Å². The van der Waals surface area contributed by atoms with Crippen molar-refractivity contribution in [3.05, 3.63) is 53.1 Å². The molecule has 156 valence electrons. The molecule has 1 fully saturated rings. The molecule has 0 spiro atoms. The van der Waals surface area contributed by atoms with Crippen molar-refractivity contribution < 1.29 is 13.9 Å². The average molecular weight is 400 g/mol. The van der Waals surface area contributed by atoms with E-state index >= 15 is 0 Å². The lowest BCUT2D eigenvalue weighted by atomic mass is 9.80. The predicted octanol–water partition coefficient (Wildman–Crippen LogP) is 4.18. The maximum Gasteiger partial charge on any atom is 0.319 e. The molecule has 2 amide bonds. The van der Waals surface area contributed by atoms with E-state index in [9.17, 15) is 9.18 Å². The van der Waals surface area contributed by atoms with E-state index in [2.05, 4.69) is 20.9 Å². The minimum atomic E-state index is -0.293. The Labute approximate surface area is 171 Å². The van der Waals surface area contributed by atoms with Crippen LogP contribution in [0.1, 0.15) is 29.5 Å². The molecule has 0 bridgehead atoms. The van der Waals surface area contributed by atoms with Crippen LogP contribution in [0.15, 0.2) is 30.6 Å². The van der Waals surface area contributed by atoms with Crippen LogP contribution in [-0.4, -0.2) is 37.3 Å². The van der Waals surface area contributed by atoms with E-state index in [4.69, 9.17) is 4.74 Å². The summed E-state index contributed by atoms with van der Waals surface area (Å²) < 4.78 is 19.0. The van der Waals surface area contributed by atoms with Crippen LogP contribution in [0.25, 0.3) is 0 Å². The van der Waals surface area contributed by atoms with Gasteiger partial charge in [-0.05, 0) is 68.5 Å². The number of halogens is 1. The number of carbonyl (C=O) groups is 1. The number of rotatable bonds is 6. The Hall–Kier alpha value is -2.67. The summed E-state index contributed by atoms with van der Waals surface area (Å²) in [5, 5.41) is 9.34. The van der Waals surface area contributed by atoms with Gasteiger partial charge in [-0.1, -0.05) is 0 Å². The number of nitrogens with one attached hydrogen (secondary N) is 3. The number of anilines is 2. The summed E-state index contributed by atoms with van der Waals surface area (Å²) in [5.74, 6) is -0.287. The molecule has 0 atom stereocenters. The molecule has 2 aromatic rings. The SMILES string of the molecule is Cc1cc(NC(=O)NCC2(CNc3c(C)cncc3C)CCOCC2)ccc1F. The van der Waals surface area contributed by atoms with Crippen molar-refractivity contribution in [3.63, 3.8) is 0 Å². The first-order valence-corrected chi connectivity index (χ1v) is 9.92. The van der Waals surface area contributed by atoms with Crippen molar-refractivity contribution in [3.8, 4) is 0 Å².